The van der Waals surface area contributed by atoms with E-state index in [1.165, 1.54) is 38.5 Å². The van der Waals surface area contributed by atoms with E-state index in [1.54, 1.807) is 0 Å². The Hall–Kier alpha value is 0.467. The Kier molecular flexibility index (Phi) is 5.24. The molecule has 1 N–H and O–H groups in total. The first-order chi connectivity index (χ1) is 5.43. The third kappa shape index (κ3) is 4.14. The minimum absolute atomic E-state index is 0.401. The summed E-state index contributed by atoms with van der Waals surface area (Å²) >= 11 is 5.54. The number of hydrogen-bond donors (Lipinski definition) is 1. The molecule has 0 aromatic carbocycles. The molecule has 1 rings (SSSR count). The lowest BCUT2D eigenvalue weighted by atomic mass is 9.87. The summed E-state index contributed by atoms with van der Waals surface area (Å²) in [5, 5.41) is 0. The van der Waals surface area contributed by atoms with E-state index >= 15 is 0 Å². The van der Waals surface area contributed by atoms with Crippen molar-refractivity contribution in [3.63, 3.8) is 0 Å². The van der Waals surface area contributed by atoms with Crippen molar-refractivity contribution in [1.82, 2.24) is 4.98 Å². The quantitative estimate of drug-likeness (QED) is 0.407. The predicted octanol–water partition coefficient (Wildman–Crippen LogP) is 2.32. The van der Waals surface area contributed by atoms with Crippen LogP contribution >= 0.6 is 11.1 Å². The molecule has 0 aromatic heterocycles. The average molecular weight is 190 g/mol. The van der Waals surface area contributed by atoms with E-state index in [1.807, 2.05) is 0 Å². The fourth-order valence-corrected chi connectivity index (χ4v) is 2.32. The summed E-state index contributed by atoms with van der Waals surface area (Å²) in [7, 11) is 0.401. The van der Waals surface area contributed by atoms with Gasteiger partial charge in [0.25, 0.3) is 8.99 Å². The minimum Gasteiger partial charge on any atom is -0.326 e. The van der Waals surface area contributed by atoms with Crippen molar-refractivity contribution in [2.45, 2.75) is 38.5 Å². The summed E-state index contributed by atoms with van der Waals surface area (Å²) < 4.78 is 0. The number of halogens is 1. The molecular weight excluding hydrogens is 174 g/mol. The van der Waals surface area contributed by atoms with Gasteiger partial charge < -0.3 is 4.98 Å². The SMILES string of the molecule is Cl[Si]NCCC1CCCCC1. The van der Waals surface area contributed by atoms with Gasteiger partial charge in [-0.25, -0.2) is 0 Å². The molecule has 0 bridgehead atoms. The Bertz CT molecular complexity index is 94.1. The van der Waals surface area contributed by atoms with Gasteiger partial charge in [-0.1, -0.05) is 32.1 Å². The molecule has 0 aliphatic heterocycles. The molecule has 2 radical (unpaired) electrons. The van der Waals surface area contributed by atoms with Crippen LogP contribution in [0.5, 0.6) is 0 Å². The summed E-state index contributed by atoms with van der Waals surface area (Å²) in [5.74, 6) is 0.990. The zero-order valence-electron chi connectivity index (χ0n) is 6.91. The second-order valence-corrected chi connectivity index (χ2v) is 4.42. The van der Waals surface area contributed by atoms with Gasteiger partial charge >= 0.3 is 0 Å². The average Bonchev–Trinajstić information content (AvgIpc) is 2.07. The normalized spacial score (nSPS) is 20.5. The molecule has 0 atom stereocenters. The van der Waals surface area contributed by atoms with E-state index < -0.39 is 0 Å². The van der Waals surface area contributed by atoms with Crippen molar-refractivity contribution in [2.24, 2.45) is 5.92 Å². The standard InChI is InChI=1S/C8H16ClNSi/c9-11-10-7-6-8-4-2-1-3-5-8/h8,10H,1-7H2. The highest BCUT2D eigenvalue weighted by Crippen LogP contribution is 2.25. The van der Waals surface area contributed by atoms with E-state index in [-0.39, 0.29) is 0 Å². The van der Waals surface area contributed by atoms with Crippen LogP contribution in [0.3, 0.4) is 0 Å². The molecule has 0 amide bonds. The van der Waals surface area contributed by atoms with Crippen LogP contribution in [-0.4, -0.2) is 15.5 Å². The maximum atomic E-state index is 5.54. The second-order valence-electron chi connectivity index (χ2n) is 3.31. The van der Waals surface area contributed by atoms with Crippen molar-refractivity contribution in [3.8, 4) is 0 Å². The minimum atomic E-state index is 0.401. The van der Waals surface area contributed by atoms with E-state index in [0.29, 0.717) is 8.99 Å². The Balaban J connectivity index is 1.96. The Morgan fingerprint density at radius 2 is 2.00 bits per heavy atom. The molecule has 64 valence electrons. The van der Waals surface area contributed by atoms with Gasteiger partial charge in [0.05, 0.1) is 0 Å². The molecule has 0 heterocycles. The van der Waals surface area contributed by atoms with Crippen molar-refractivity contribution in [2.75, 3.05) is 6.54 Å². The van der Waals surface area contributed by atoms with Crippen molar-refractivity contribution in [1.29, 1.82) is 0 Å². The maximum Gasteiger partial charge on any atom is 0.270 e. The van der Waals surface area contributed by atoms with Gasteiger partial charge in [-0.3, -0.25) is 0 Å². The van der Waals surface area contributed by atoms with E-state index in [2.05, 4.69) is 4.98 Å². The molecule has 0 saturated heterocycles. The van der Waals surface area contributed by atoms with E-state index in [4.69, 9.17) is 11.1 Å². The first-order valence-corrected chi connectivity index (χ1v) is 6.53. The van der Waals surface area contributed by atoms with Gasteiger partial charge in [-0.05, 0) is 18.9 Å². The van der Waals surface area contributed by atoms with Gasteiger partial charge in [0.2, 0.25) is 0 Å². The molecule has 0 unspecified atom stereocenters. The topological polar surface area (TPSA) is 12.0 Å². The molecule has 11 heavy (non-hydrogen) atoms. The van der Waals surface area contributed by atoms with Crippen molar-refractivity contribution >= 4 is 20.1 Å². The van der Waals surface area contributed by atoms with Crippen molar-refractivity contribution < 1.29 is 0 Å². The van der Waals surface area contributed by atoms with E-state index in [9.17, 15) is 0 Å². The molecular formula is C8H16ClNSi. The molecule has 1 aliphatic carbocycles. The maximum absolute atomic E-state index is 5.54. The summed E-state index contributed by atoms with van der Waals surface area (Å²) in [6.07, 6.45) is 8.60. The van der Waals surface area contributed by atoms with Crippen LogP contribution in [0.4, 0.5) is 0 Å². The second kappa shape index (κ2) is 6.04. The Labute approximate surface area is 76.5 Å². The molecule has 0 spiro atoms. The number of nitrogens with one attached hydrogen (secondary N) is 1. The Morgan fingerprint density at radius 3 is 2.64 bits per heavy atom. The third-order valence-electron chi connectivity index (χ3n) is 2.47. The fraction of sp³-hybridized carbons (Fsp3) is 1.00. The lowest BCUT2D eigenvalue weighted by Gasteiger charge is -2.21. The summed E-state index contributed by atoms with van der Waals surface area (Å²) in [6, 6.07) is 0. The highest BCUT2D eigenvalue weighted by Gasteiger charge is 2.11. The smallest absolute Gasteiger partial charge is 0.270 e. The molecule has 1 fully saturated rings. The zero-order valence-corrected chi connectivity index (χ0v) is 8.66. The summed E-state index contributed by atoms with van der Waals surface area (Å²) in [6.45, 7) is 1.12. The van der Waals surface area contributed by atoms with Crippen LogP contribution < -0.4 is 4.98 Å². The summed E-state index contributed by atoms with van der Waals surface area (Å²) in [5.41, 5.74) is 0. The van der Waals surface area contributed by atoms with Crippen LogP contribution in [0.2, 0.25) is 0 Å². The van der Waals surface area contributed by atoms with Gasteiger partial charge in [-0.2, -0.15) is 0 Å². The lowest BCUT2D eigenvalue weighted by Crippen LogP contribution is -2.19. The van der Waals surface area contributed by atoms with Gasteiger partial charge in [-0.15, -0.1) is 11.1 Å². The van der Waals surface area contributed by atoms with Crippen LogP contribution in [0.1, 0.15) is 38.5 Å². The number of hydrogen-bond acceptors (Lipinski definition) is 1. The van der Waals surface area contributed by atoms with Crippen LogP contribution in [0.15, 0.2) is 0 Å². The molecule has 3 heteroatoms. The lowest BCUT2D eigenvalue weighted by molar-refractivity contribution is 0.340. The third-order valence-corrected chi connectivity index (χ3v) is 3.25. The van der Waals surface area contributed by atoms with Crippen LogP contribution in [0.25, 0.3) is 0 Å². The molecule has 1 aliphatic rings. The van der Waals surface area contributed by atoms with E-state index in [0.717, 1.165) is 12.5 Å². The highest BCUT2D eigenvalue weighted by atomic mass is 35.6. The first-order valence-electron chi connectivity index (χ1n) is 4.52. The Morgan fingerprint density at radius 1 is 1.27 bits per heavy atom. The summed E-state index contributed by atoms with van der Waals surface area (Å²) in [4.78, 5) is 3.19. The number of rotatable bonds is 4. The largest absolute Gasteiger partial charge is 0.326 e. The van der Waals surface area contributed by atoms with Crippen LogP contribution in [0, 0.1) is 5.92 Å². The predicted molar refractivity (Wildman–Crippen MR) is 50.8 cm³/mol. The highest BCUT2D eigenvalue weighted by molar-refractivity contribution is 6.92. The van der Waals surface area contributed by atoms with Gasteiger partial charge in [0.15, 0.2) is 0 Å². The first kappa shape index (κ1) is 9.55. The molecule has 1 nitrogen and oxygen atoms in total. The van der Waals surface area contributed by atoms with Gasteiger partial charge in [0.1, 0.15) is 0 Å². The zero-order chi connectivity index (χ0) is 7.94. The fourth-order valence-electron chi connectivity index (χ4n) is 1.80. The van der Waals surface area contributed by atoms with Crippen molar-refractivity contribution in [3.05, 3.63) is 0 Å². The monoisotopic (exact) mass is 189 g/mol. The van der Waals surface area contributed by atoms with Gasteiger partial charge in [0, 0.05) is 0 Å². The van der Waals surface area contributed by atoms with Crippen LogP contribution in [-0.2, 0) is 0 Å². The molecule has 1 saturated carbocycles. The molecule has 0 aromatic rings.